The number of nitrogen functional groups attached to an aromatic ring is 1. The van der Waals surface area contributed by atoms with Crippen molar-refractivity contribution >= 4 is 284 Å². The van der Waals surface area contributed by atoms with E-state index >= 15 is 0 Å². The summed E-state index contributed by atoms with van der Waals surface area (Å²) < 4.78 is 45.5. The number of nitrogens with two attached hydrogens (primary N) is 2. The first-order chi connectivity index (χ1) is 58.9. The van der Waals surface area contributed by atoms with Crippen LogP contribution in [0, 0.1) is 6.92 Å². The summed E-state index contributed by atoms with van der Waals surface area (Å²) in [6, 6.07) is 18.6. The number of fused-ring (bicyclic) bond motifs is 12. The van der Waals surface area contributed by atoms with Crippen molar-refractivity contribution in [2.75, 3.05) is 36.1 Å². The van der Waals surface area contributed by atoms with Crippen molar-refractivity contribution in [2.24, 2.45) is 38.2 Å². The van der Waals surface area contributed by atoms with Gasteiger partial charge in [0.05, 0.1) is 74.0 Å². The summed E-state index contributed by atoms with van der Waals surface area (Å²) >= 11 is 27.3. The molecule has 0 aliphatic heterocycles. The van der Waals surface area contributed by atoms with Crippen LogP contribution in [0.2, 0.25) is 0 Å². The molecular weight excluding hydrogens is 2030 g/mol. The number of hydrogen-bond donors (Lipinski definition) is 5. The molecule has 6 N–H and O–H groups in total. The number of thiol groups is 1. The van der Waals surface area contributed by atoms with Gasteiger partial charge in [-0.05, 0) is 204 Å². The van der Waals surface area contributed by atoms with Crippen molar-refractivity contribution in [3.8, 4) is 0 Å². The molecule has 0 saturated heterocycles. The van der Waals surface area contributed by atoms with Crippen LogP contribution in [0.15, 0.2) is 171 Å². The Kier molecular flexibility index (Phi) is 33.8. The number of carbonyl (C=O) groups is 2. The number of aromatic nitrogens is 21. The molecule has 0 aromatic carbocycles. The fourth-order valence-electron chi connectivity index (χ4n) is 11.8. The molecule has 17 aromatic rings. The summed E-state index contributed by atoms with van der Waals surface area (Å²) in [5.74, 6) is 0.740. The molecule has 2 amide bonds. The standard InChI is InChI=1S/C20H22N6O3S2.C15H12BrN5OS2.C15H14N6O2S2.C9H8N4OS2.C6H5Br2N.C6H6BrN.C5H11NO2.BHNS/c1-20(2,3)29-18(28)23-13-8-11(6-7-21-13)10-26-17(27)14-12(9-22-26)15-16(25(14)4)24-19(30-5)31-15;1-20-11-9(12-13(20)19-15(23-2)24-12)6-18-21(14(11)22)7-8-3-4-17-10(16)5-8;1-20-11-9(12-13(20)19-15(24-12)25(2)23)6-18-21(14(11)22)7-8-3-4-17-10(16)5-8;1-13-5-4(3-10-12-8(5)14)6-7(13)11-9(15-2)16-6;7-4-5-1-2-9-6(8)3-5;1-5-2-3-8-6(7)4-5;1-5(2,3)8-4(6)7;1-2-3/h6-9H,10H2,1-5H3,(H,21,23,28);3-6H,7H2,1-2H3;3-6H,7H2,1-2H3,(H2,16,17);3H,1-2H3,(H,12,14);1-3H,4H2;2-4H,1H3;1-3H3,(H2,6,7);3H. The number of amides is 2. The predicted octanol–water partition coefficient (Wildman–Crippen LogP) is 15.8. The molecule has 124 heavy (non-hydrogen) atoms. The summed E-state index contributed by atoms with van der Waals surface area (Å²) in [4.78, 5) is 111. The third-order valence-electron chi connectivity index (χ3n) is 16.9. The topological polar surface area (TPSA) is 432 Å². The molecular formula is C76H79BBr4N25O9S9. The normalized spacial score (nSPS) is 11.4. The monoisotopic (exact) mass is 2100 g/mol. The summed E-state index contributed by atoms with van der Waals surface area (Å²) in [5.41, 5.74) is 19.2. The fraction of sp³-hybridized carbons (Fsp3) is 0.276. The number of anilines is 2. The van der Waals surface area contributed by atoms with Gasteiger partial charge in [-0.1, -0.05) is 51.2 Å². The molecule has 34 nitrogen and oxygen atoms in total. The van der Waals surface area contributed by atoms with Crippen LogP contribution in [0.4, 0.5) is 21.2 Å². The van der Waals surface area contributed by atoms with E-state index in [0.717, 1.165) is 106 Å². The molecule has 0 aliphatic rings. The second-order valence-corrected chi connectivity index (χ2v) is 40.0. The summed E-state index contributed by atoms with van der Waals surface area (Å²) in [6.07, 6.45) is 21.5. The number of hydrogen-bond acceptors (Lipinski definition) is 32. The van der Waals surface area contributed by atoms with Gasteiger partial charge >= 0.3 is 36.9 Å². The Labute approximate surface area is 778 Å². The molecule has 1 unspecified atom stereocenters. The zero-order valence-electron chi connectivity index (χ0n) is 68.8. The Morgan fingerprint density at radius 1 is 0.556 bits per heavy atom. The van der Waals surface area contributed by atoms with Gasteiger partial charge < -0.3 is 39.2 Å². The van der Waals surface area contributed by atoms with E-state index in [0.29, 0.717) is 56.8 Å². The predicted molar refractivity (Wildman–Crippen MR) is 517 cm³/mol. The average Bonchev–Trinajstić information content (AvgIpc) is 1.59. The Morgan fingerprint density at radius 3 is 1.30 bits per heavy atom. The second kappa shape index (κ2) is 43.2. The Balaban J connectivity index is 0.000000158. The molecule has 17 aromatic heterocycles. The van der Waals surface area contributed by atoms with Crippen molar-refractivity contribution in [2.45, 2.75) is 102 Å². The molecule has 647 valence electrons. The van der Waals surface area contributed by atoms with E-state index in [4.69, 9.17) is 16.2 Å². The van der Waals surface area contributed by atoms with Crippen molar-refractivity contribution in [3.63, 3.8) is 0 Å². The Bertz CT molecular complexity index is 7030. The minimum atomic E-state index is -1.16. The van der Waals surface area contributed by atoms with Gasteiger partial charge in [0.1, 0.15) is 58.7 Å². The van der Waals surface area contributed by atoms with Crippen LogP contribution < -0.4 is 39.0 Å². The number of nitrogens with one attached hydrogen (secondary N) is 2. The SMILES string of the molecule is BrCc1ccnc(Br)c1.CC(C)(C)OC(N)=O.CSc1nc2c(s1)c1cn[nH]c(=O)c1n2C.CSc1nc2c(s1)c1cnn(Cc3ccnc(Br)c3)c(=O)c1n2C.CSc1nc2c(s1)c1cnn(Cc3ccnc(NC(=O)OC(C)(C)C)c3)c(=O)c1n2C.Cc1ccnc(Br)c1.Cn1c2nc(S(C)=O)sc2c2cnn(Cc3ccnc(N)c3)c(=O)c21.[B]=NS. The van der Waals surface area contributed by atoms with Gasteiger partial charge in [0.25, 0.3) is 22.2 Å². The molecule has 0 aliphatic carbocycles. The molecule has 1 atom stereocenters. The Hall–Kier alpha value is -9.34. The number of aromatic amines is 1. The van der Waals surface area contributed by atoms with Gasteiger partial charge in [0.2, 0.25) is 0 Å². The van der Waals surface area contributed by atoms with Crippen LogP contribution in [0.5, 0.6) is 0 Å². The number of thioether (sulfide) groups is 3. The fourth-order valence-corrected chi connectivity index (χ4v) is 20.0. The van der Waals surface area contributed by atoms with Gasteiger partial charge in [-0.3, -0.25) is 28.7 Å². The number of nitrogens with zero attached hydrogens (tertiary/aromatic N) is 21. The average molecular weight is 2110 g/mol. The number of pyridine rings is 5. The van der Waals surface area contributed by atoms with E-state index in [9.17, 15) is 33.0 Å². The number of rotatable bonds is 12. The maximum atomic E-state index is 13.1. The zero-order chi connectivity index (χ0) is 90.3. The van der Waals surface area contributed by atoms with Gasteiger partial charge in [0, 0.05) is 92.3 Å². The summed E-state index contributed by atoms with van der Waals surface area (Å²) in [7, 11) is 10.5. The van der Waals surface area contributed by atoms with E-state index in [2.05, 4.69) is 169 Å². The molecule has 0 fully saturated rings. The van der Waals surface area contributed by atoms with Crippen molar-refractivity contribution in [1.82, 2.24) is 103 Å². The maximum absolute atomic E-state index is 13.1. The first kappa shape index (κ1) is 96.9. The second-order valence-electron chi connectivity index (χ2n) is 28.1. The molecule has 0 saturated carbocycles. The minimum absolute atomic E-state index is 0.112. The van der Waals surface area contributed by atoms with Crippen LogP contribution in [0.3, 0.4) is 0 Å². The van der Waals surface area contributed by atoms with Crippen LogP contribution in [0.1, 0.15) is 69.4 Å². The number of carbonyl (C=O) groups excluding carboxylic acids is 2. The van der Waals surface area contributed by atoms with Crippen LogP contribution in [-0.2, 0) is 73.4 Å². The number of halogens is 4. The van der Waals surface area contributed by atoms with Crippen LogP contribution >= 0.6 is 157 Å². The number of primary amides is 1. The molecule has 17 rings (SSSR count). The molecule has 48 heteroatoms. The molecule has 0 spiro atoms. The van der Waals surface area contributed by atoms with Gasteiger partial charge in [-0.25, -0.2) is 73.6 Å². The zero-order valence-corrected chi connectivity index (χ0v) is 82.6. The molecule has 1 radical (unpaired) electrons. The van der Waals surface area contributed by atoms with E-state index in [1.165, 1.54) is 36.5 Å². The van der Waals surface area contributed by atoms with E-state index in [1.807, 2.05) is 96.9 Å². The van der Waals surface area contributed by atoms with E-state index in [-0.39, 0.29) is 28.8 Å². The Morgan fingerprint density at radius 2 is 0.927 bits per heavy atom. The summed E-state index contributed by atoms with van der Waals surface area (Å²) in [5, 5.41) is 26.0. The van der Waals surface area contributed by atoms with E-state index < -0.39 is 34.2 Å². The van der Waals surface area contributed by atoms with Crippen molar-refractivity contribution in [3.05, 3.63) is 199 Å². The number of alkyl halides is 1. The van der Waals surface area contributed by atoms with Gasteiger partial charge in [-0.15, -0.1) is 45.3 Å². The quantitative estimate of drug-likeness (QED) is 0.0249. The van der Waals surface area contributed by atoms with Crippen LogP contribution in [0.25, 0.3) is 85.0 Å². The van der Waals surface area contributed by atoms with Gasteiger partial charge in [0.15, 0.2) is 39.9 Å². The van der Waals surface area contributed by atoms with Crippen molar-refractivity contribution < 1.29 is 23.3 Å². The molecule has 17 heterocycles. The van der Waals surface area contributed by atoms with Gasteiger partial charge in [-0.2, -0.15) is 20.4 Å². The third kappa shape index (κ3) is 24.5. The van der Waals surface area contributed by atoms with E-state index in [1.54, 1.807) is 209 Å². The number of thiazole rings is 4. The number of ether oxygens (including phenoxy) is 2. The molecule has 0 bridgehead atoms. The number of aryl methyl sites for hydroxylation is 5. The number of H-pyrrole nitrogens is 1. The third-order valence-corrected chi connectivity index (χ3v) is 27.5. The van der Waals surface area contributed by atoms with Crippen LogP contribution in [-0.4, -0.2) is 163 Å². The van der Waals surface area contributed by atoms with Crippen molar-refractivity contribution in [1.29, 1.82) is 0 Å². The summed E-state index contributed by atoms with van der Waals surface area (Å²) in [6.45, 7) is 13.6. The first-order valence-corrected chi connectivity index (χ1v) is 48.6. The first-order valence-electron chi connectivity index (χ1n) is 36.2.